The lowest BCUT2D eigenvalue weighted by molar-refractivity contribution is -0.157. The van der Waals surface area contributed by atoms with Gasteiger partial charge >= 0.3 is 5.97 Å². The normalized spacial score (nSPS) is 12.8. The van der Waals surface area contributed by atoms with Crippen LogP contribution < -0.4 is 5.32 Å². The van der Waals surface area contributed by atoms with Gasteiger partial charge in [-0.2, -0.15) is 0 Å². The van der Waals surface area contributed by atoms with Crippen LogP contribution in [0.25, 0.3) is 0 Å². The summed E-state index contributed by atoms with van der Waals surface area (Å²) in [5.74, 6) is -1.75. The number of carbonyl (C=O) groups excluding carboxylic acids is 1. The quantitative estimate of drug-likeness (QED) is 0.278. The molecule has 0 saturated heterocycles. The largest absolute Gasteiger partial charge is 0.478 e. The zero-order valence-electron chi connectivity index (χ0n) is 18.4. The number of anilines is 1. The molecule has 2 unspecified atom stereocenters. The van der Waals surface area contributed by atoms with Crippen molar-refractivity contribution in [2.24, 2.45) is 0 Å². The molecular formula is C21H26BrN3O8. The molecule has 11 nitrogen and oxygen atoms in total. The van der Waals surface area contributed by atoms with Crippen LogP contribution in [-0.2, 0) is 30.1 Å². The van der Waals surface area contributed by atoms with Crippen LogP contribution in [0, 0.1) is 0 Å². The number of nitrogens with zero attached hydrogens (tertiary/aromatic N) is 2. The lowest BCUT2D eigenvalue weighted by Crippen LogP contribution is -2.37. The van der Waals surface area contributed by atoms with Crippen LogP contribution in [0.4, 0.5) is 5.69 Å². The Hall–Kier alpha value is -2.48. The van der Waals surface area contributed by atoms with Crippen LogP contribution in [0.3, 0.4) is 0 Å². The second-order valence-electron chi connectivity index (χ2n) is 6.71. The van der Waals surface area contributed by atoms with Crippen molar-refractivity contribution in [1.29, 1.82) is 0 Å². The van der Waals surface area contributed by atoms with Crippen molar-refractivity contribution < 1.29 is 38.4 Å². The lowest BCUT2D eigenvalue weighted by Gasteiger charge is -2.25. The van der Waals surface area contributed by atoms with E-state index in [-0.39, 0.29) is 37.1 Å². The number of aromatic nitrogens is 2. The van der Waals surface area contributed by atoms with Gasteiger partial charge in [0.15, 0.2) is 0 Å². The maximum Gasteiger partial charge on any atom is 0.337 e. The topological polar surface area (TPSA) is 138 Å². The number of aromatic carboxylic acids is 1. The van der Waals surface area contributed by atoms with Crippen molar-refractivity contribution in [2.45, 2.75) is 18.6 Å². The second kappa shape index (κ2) is 13.9. The summed E-state index contributed by atoms with van der Waals surface area (Å²) in [6.45, 7) is 0.373. The third-order valence-electron chi connectivity index (χ3n) is 4.41. The molecule has 12 heteroatoms. The Balaban J connectivity index is 2.07. The van der Waals surface area contributed by atoms with Gasteiger partial charge in [-0.25, -0.2) is 9.78 Å². The summed E-state index contributed by atoms with van der Waals surface area (Å²) in [6, 6.07) is 4.51. The van der Waals surface area contributed by atoms with E-state index in [2.05, 4.69) is 31.2 Å². The summed E-state index contributed by atoms with van der Waals surface area (Å²) >= 11 is 3.21. The highest BCUT2D eigenvalue weighted by molar-refractivity contribution is 9.10. The number of carbonyl (C=O) groups is 2. The number of amides is 1. The Bertz CT molecular complexity index is 913. The van der Waals surface area contributed by atoms with Crippen LogP contribution in [0.1, 0.15) is 26.5 Å². The Morgan fingerprint density at radius 3 is 2.45 bits per heavy atom. The number of rotatable bonds is 14. The molecule has 0 fully saturated rings. The SMILES string of the molecule is COCOCC(OCOC)C(Cc1cnc(C(=O)Nc2ccc(Br)cc2C(=O)O)cn1)OC. The van der Waals surface area contributed by atoms with Crippen LogP contribution in [0.15, 0.2) is 35.1 Å². The standard InChI is InChI=1S/C21H26BrN3O8/c1-29-11-32-10-19(33-12-30-2)18(31-3)7-14-8-24-17(9-23-14)20(26)25-16-5-4-13(22)6-15(16)21(27)28/h4-6,8-9,18-19H,7,10-12H2,1-3H3,(H,25,26)(H,27,28). The molecule has 0 aliphatic carbocycles. The first kappa shape index (κ1) is 26.8. The van der Waals surface area contributed by atoms with Gasteiger partial charge in [0.2, 0.25) is 0 Å². The van der Waals surface area contributed by atoms with E-state index in [0.29, 0.717) is 16.6 Å². The molecule has 0 aliphatic rings. The summed E-state index contributed by atoms with van der Waals surface area (Å²) in [6.07, 6.45) is 2.22. The summed E-state index contributed by atoms with van der Waals surface area (Å²) < 4.78 is 27.0. The number of carboxylic acids is 1. The molecule has 1 aromatic heterocycles. The Kier molecular flexibility index (Phi) is 11.3. The first-order valence-corrected chi connectivity index (χ1v) is 10.5. The number of nitrogens with one attached hydrogen (secondary N) is 1. The number of carboxylic acid groups (broad SMARTS) is 1. The van der Waals surface area contributed by atoms with Crippen LogP contribution in [-0.4, -0.2) is 80.7 Å². The van der Waals surface area contributed by atoms with Crippen molar-refractivity contribution in [3.05, 3.63) is 52.0 Å². The minimum absolute atomic E-state index is 0.0302. The summed E-state index contributed by atoms with van der Waals surface area (Å²) in [4.78, 5) is 32.4. The van der Waals surface area contributed by atoms with Crippen molar-refractivity contribution in [3.8, 4) is 0 Å². The van der Waals surface area contributed by atoms with Crippen LogP contribution in [0.2, 0.25) is 0 Å². The van der Waals surface area contributed by atoms with Gasteiger partial charge in [0.1, 0.15) is 25.4 Å². The van der Waals surface area contributed by atoms with Gasteiger partial charge in [-0.3, -0.25) is 9.78 Å². The van der Waals surface area contributed by atoms with Crippen LogP contribution >= 0.6 is 15.9 Å². The number of hydrogen-bond acceptors (Lipinski definition) is 9. The van der Waals surface area contributed by atoms with E-state index in [1.54, 1.807) is 6.07 Å². The maximum absolute atomic E-state index is 12.5. The Morgan fingerprint density at radius 2 is 1.85 bits per heavy atom. The third-order valence-corrected chi connectivity index (χ3v) is 4.90. The van der Waals surface area contributed by atoms with Gasteiger partial charge < -0.3 is 34.1 Å². The summed E-state index contributed by atoms with van der Waals surface area (Å²) in [7, 11) is 4.57. The molecule has 0 radical (unpaired) electrons. The van der Waals surface area contributed by atoms with Crippen molar-refractivity contribution in [2.75, 3.05) is 46.8 Å². The molecule has 1 amide bonds. The van der Waals surface area contributed by atoms with Gasteiger partial charge in [0.25, 0.3) is 5.91 Å². The summed E-state index contributed by atoms with van der Waals surface area (Å²) in [5, 5.41) is 11.9. The molecule has 0 saturated carbocycles. The van der Waals surface area contributed by atoms with Gasteiger partial charge in [0.05, 0.1) is 35.9 Å². The highest BCUT2D eigenvalue weighted by atomic mass is 79.9. The molecule has 2 aromatic rings. The van der Waals surface area contributed by atoms with Gasteiger partial charge in [0, 0.05) is 38.4 Å². The fourth-order valence-corrected chi connectivity index (χ4v) is 3.17. The molecule has 0 bridgehead atoms. The number of ether oxygens (including phenoxy) is 5. The predicted octanol–water partition coefficient (Wildman–Crippen LogP) is 2.36. The molecule has 0 aliphatic heterocycles. The first-order valence-electron chi connectivity index (χ1n) is 9.74. The van der Waals surface area contributed by atoms with Crippen molar-refractivity contribution in [1.82, 2.24) is 9.97 Å². The Morgan fingerprint density at radius 1 is 1.09 bits per heavy atom. The number of methoxy groups -OCH3 is 3. The average molecular weight is 528 g/mol. The van der Waals surface area contributed by atoms with E-state index in [1.165, 1.54) is 45.9 Å². The second-order valence-corrected chi connectivity index (χ2v) is 7.63. The number of benzene rings is 1. The van der Waals surface area contributed by atoms with E-state index in [0.717, 1.165) is 0 Å². The van der Waals surface area contributed by atoms with Gasteiger partial charge in [-0.05, 0) is 18.2 Å². The molecule has 2 N–H and O–H groups in total. The zero-order chi connectivity index (χ0) is 24.2. The monoisotopic (exact) mass is 527 g/mol. The van der Waals surface area contributed by atoms with E-state index in [9.17, 15) is 14.7 Å². The van der Waals surface area contributed by atoms with Gasteiger partial charge in [-0.1, -0.05) is 15.9 Å². The van der Waals surface area contributed by atoms with E-state index < -0.39 is 24.1 Å². The number of halogens is 1. The molecule has 0 spiro atoms. The smallest absolute Gasteiger partial charge is 0.337 e. The molecule has 2 atom stereocenters. The highest BCUT2D eigenvalue weighted by Gasteiger charge is 2.24. The lowest BCUT2D eigenvalue weighted by atomic mass is 10.1. The fourth-order valence-electron chi connectivity index (χ4n) is 2.80. The van der Waals surface area contributed by atoms with Crippen molar-refractivity contribution >= 4 is 33.5 Å². The molecule has 1 heterocycles. The minimum Gasteiger partial charge on any atom is -0.478 e. The third kappa shape index (κ3) is 8.42. The molecular weight excluding hydrogens is 502 g/mol. The molecule has 33 heavy (non-hydrogen) atoms. The molecule has 2 rings (SSSR count). The molecule has 180 valence electrons. The zero-order valence-corrected chi connectivity index (χ0v) is 20.0. The predicted molar refractivity (Wildman–Crippen MR) is 120 cm³/mol. The maximum atomic E-state index is 12.5. The number of hydrogen-bond donors (Lipinski definition) is 2. The average Bonchev–Trinajstić information content (AvgIpc) is 2.81. The summed E-state index contributed by atoms with van der Waals surface area (Å²) in [5.41, 5.74) is 0.687. The van der Waals surface area contributed by atoms with Crippen molar-refractivity contribution in [3.63, 3.8) is 0 Å². The van der Waals surface area contributed by atoms with E-state index in [1.807, 2.05) is 0 Å². The molecule has 1 aromatic carbocycles. The van der Waals surface area contributed by atoms with E-state index >= 15 is 0 Å². The Labute approximate surface area is 199 Å². The van der Waals surface area contributed by atoms with Crippen LogP contribution in [0.5, 0.6) is 0 Å². The first-order chi connectivity index (χ1) is 15.9. The highest BCUT2D eigenvalue weighted by Crippen LogP contribution is 2.21. The minimum atomic E-state index is -1.17. The fraction of sp³-hybridized carbons (Fsp3) is 0.429. The van der Waals surface area contributed by atoms with Gasteiger partial charge in [-0.15, -0.1) is 0 Å². The van der Waals surface area contributed by atoms with E-state index in [4.69, 9.17) is 23.7 Å².